The maximum absolute atomic E-state index is 10.6. The van der Waals surface area contributed by atoms with Crippen LogP contribution in [0.25, 0.3) is 0 Å². The Bertz CT molecular complexity index is 457. The lowest BCUT2D eigenvalue weighted by atomic mass is 10.1. The Kier molecular flexibility index (Phi) is 6.11. The van der Waals surface area contributed by atoms with E-state index in [1.54, 1.807) is 12.1 Å². The van der Waals surface area contributed by atoms with E-state index in [4.69, 9.17) is 5.11 Å². The summed E-state index contributed by atoms with van der Waals surface area (Å²) in [5, 5.41) is 19.2. The molecule has 0 radical (unpaired) electrons. The minimum atomic E-state index is -0.788. The molecule has 0 atom stereocenters. The van der Waals surface area contributed by atoms with Crippen molar-refractivity contribution in [1.82, 2.24) is 4.90 Å². The fourth-order valence-electron chi connectivity index (χ4n) is 1.91. The number of hydrogen-bond donors (Lipinski definition) is 1. The number of nitrogens with zero attached hydrogens (tertiary/aromatic N) is 2. The summed E-state index contributed by atoms with van der Waals surface area (Å²) in [7, 11) is 0. The minimum absolute atomic E-state index is 0.0794. The van der Waals surface area contributed by atoms with Crippen LogP contribution in [0.3, 0.4) is 0 Å². The molecule has 1 N–H and O–H groups in total. The fraction of sp³-hybridized carbons (Fsp3) is 0.500. The van der Waals surface area contributed by atoms with Crippen molar-refractivity contribution < 1.29 is 14.8 Å². The highest BCUT2D eigenvalue weighted by molar-refractivity contribution is 5.66. The van der Waals surface area contributed by atoms with Crippen LogP contribution < -0.4 is 0 Å². The first-order valence-electron chi connectivity index (χ1n) is 6.59. The molecule has 0 aromatic heterocycles. The third-order valence-electron chi connectivity index (χ3n) is 3.10. The van der Waals surface area contributed by atoms with Crippen LogP contribution >= 0.6 is 0 Å². The summed E-state index contributed by atoms with van der Waals surface area (Å²) < 4.78 is 0. The second-order valence-corrected chi connectivity index (χ2v) is 4.99. The normalized spacial score (nSPS) is 11.0. The molecule has 0 bridgehead atoms. The third-order valence-corrected chi connectivity index (χ3v) is 3.10. The second-order valence-electron chi connectivity index (χ2n) is 4.99. The molecule has 6 heteroatoms. The number of carbonyl (C=O) groups is 1. The molecule has 6 nitrogen and oxygen atoms in total. The number of hydrogen-bond acceptors (Lipinski definition) is 4. The van der Waals surface area contributed by atoms with Gasteiger partial charge in [0.1, 0.15) is 0 Å². The van der Waals surface area contributed by atoms with Gasteiger partial charge in [0.2, 0.25) is 0 Å². The summed E-state index contributed by atoms with van der Waals surface area (Å²) in [5.74, 6) is -0.788. The van der Waals surface area contributed by atoms with E-state index in [1.807, 2.05) is 13.8 Å². The first-order valence-corrected chi connectivity index (χ1v) is 6.59. The first kappa shape index (κ1) is 16.1. The molecule has 1 aromatic carbocycles. The number of carboxylic acids is 1. The highest BCUT2D eigenvalue weighted by Crippen LogP contribution is 2.15. The van der Waals surface area contributed by atoms with E-state index in [1.165, 1.54) is 12.1 Å². The summed E-state index contributed by atoms with van der Waals surface area (Å²) >= 11 is 0. The molecule has 20 heavy (non-hydrogen) atoms. The number of aliphatic carboxylic acids is 1. The van der Waals surface area contributed by atoms with Crippen LogP contribution in [-0.2, 0) is 11.3 Å². The Balaban J connectivity index is 2.60. The zero-order valence-corrected chi connectivity index (χ0v) is 11.8. The van der Waals surface area contributed by atoms with Crippen LogP contribution in [0, 0.1) is 10.1 Å². The average Bonchev–Trinajstić information content (AvgIpc) is 2.37. The van der Waals surface area contributed by atoms with Gasteiger partial charge in [-0.1, -0.05) is 12.1 Å². The molecule has 0 heterocycles. The highest BCUT2D eigenvalue weighted by Gasteiger charge is 2.12. The second kappa shape index (κ2) is 7.59. The van der Waals surface area contributed by atoms with E-state index < -0.39 is 10.9 Å². The van der Waals surface area contributed by atoms with Crippen molar-refractivity contribution in [2.75, 3.05) is 6.54 Å². The SMILES string of the molecule is CC(C)N(CCCC(=O)O)Cc1ccc([N+](=O)[O-])cc1. The molecule has 0 saturated carbocycles. The van der Waals surface area contributed by atoms with E-state index in [-0.39, 0.29) is 12.1 Å². The molecule has 0 aliphatic carbocycles. The molecule has 0 unspecified atom stereocenters. The van der Waals surface area contributed by atoms with Gasteiger partial charge in [-0.3, -0.25) is 19.8 Å². The lowest BCUT2D eigenvalue weighted by Gasteiger charge is -2.26. The fourth-order valence-corrected chi connectivity index (χ4v) is 1.91. The molecule has 1 aromatic rings. The van der Waals surface area contributed by atoms with E-state index in [0.717, 1.165) is 5.56 Å². The van der Waals surface area contributed by atoms with Gasteiger partial charge in [-0.15, -0.1) is 0 Å². The van der Waals surface area contributed by atoms with Gasteiger partial charge in [-0.2, -0.15) is 0 Å². The van der Waals surface area contributed by atoms with Gasteiger partial charge in [-0.25, -0.2) is 0 Å². The molecule has 0 aliphatic rings. The van der Waals surface area contributed by atoms with Crippen molar-refractivity contribution in [3.8, 4) is 0 Å². The Hall–Kier alpha value is -1.95. The number of rotatable bonds is 8. The largest absolute Gasteiger partial charge is 0.481 e. The standard InChI is InChI=1S/C14H20N2O4/c1-11(2)15(9-3-4-14(17)18)10-12-5-7-13(8-6-12)16(19)20/h5-8,11H,3-4,9-10H2,1-2H3,(H,17,18). The van der Waals surface area contributed by atoms with Gasteiger partial charge < -0.3 is 5.11 Å². The van der Waals surface area contributed by atoms with Crippen molar-refractivity contribution in [1.29, 1.82) is 0 Å². The molecule has 1 rings (SSSR count). The van der Waals surface area contributed by atoms with E-state index in [2.05, 4.69) is 4.90 Å². The van der Waals surface area contributed by atoms with Crippen molar-refractivity contribution in [3.63, 3.8) is 0 Å². The molecule has 0 aliphatic heterocycles. The van der Waals surface area contributed by atoms with Gasteiger partial charge in [0.05, 0.1) is 4.92 Å². The molecule has 0 saturated heterocycles. The monoisotopic (exact) mass is 280 g/mol. The van der Waals surface area contributed by atoms with Crippen molar-refractivity contribution in [2.45, 2.75) is 39.3 Å². The number of benzene rings is 1. The van der Waals surface area contributed by atoms with Crippen LogP contribution in [0.4, 0.5) is 5.69 Å². The van der Waals surface area contributed by atoms with E-state index in [0.29, 0.717) is 25.6 Å². The predicted molar refractivity (Wildman–Crippen MR) is 75.5 cm³/mol. The summed E-state index contributed by atoms with van der Waals surface area (Å²) in [6, 6.07) is 6.75. The average molecular weight is 280 g/mol. The van der Waals surface area contributed by atoms with Crippen LogP contribution in [0.5, 0.6) is 0 Å². The van der Waals surface area contributed by atoms with Crippen LogP contribution in [0.15, 0.2) is 24.3 Å². The van der Waals surface area contributed by atoms with E-state index in [9.17, 15) is 14.9 Å². The topological polar surface area (TPSA) is 83.7 Å². The highest BCUT2D eigenvalue weighted by atomic mass is 16.6. The number of non-ortho nitro benzene ring substituents is 1. The summed E-state index contributed by atoms with van der Waals surface area (Å²) in [6.45, 7) is 5.45. The first-order chi connectivity index (χ1) is 9.40. The van der Waals surface area contributed by atoms with Crippen LogP contribution in [0.2, 0.25) is 0 Å². The summed E-state index contributed by atoms with van der Waals surface area (Å²) in [5.41, 5.74) is 1.07. The third kappa shape index (κ3) is 5.36. The van der Waals surface area contributed by atoms with Gasteiger partial charge in [-0.05, 0) is 32.4 Å². The van der Waals surface area contributed by atoms with Gasteiger partial charge in [0, 0.05) is 31.1 Å². The van der Waals surface area contributed by atoms with Crippen molar-refractivity contribution in [2.24, 2.45) is 0 Å². The molecule has 110 valence electrons. The number of nitro benzene ring substituents is 1. The molecule has 0 amide bonds. The lowest BCUT2D eigenvalue weighted by molar-refractivity contribution is -0.384. The zero-order chi connectivity index (χ0) is 15.1. The minimum Gasteiger partial charge on any atom is -0.481 e. The Morgan fingerprint density at radius 2 is 1.95 bits per heavy atom. The van der Waals surface area contributed by atoms with Gasteiger partial charge in [0.15, 0.2) is 0 Å². The quantitative estimate of drug-likeness (QED) is 0.584. The Morgan fingerprint density at radius 1 is 1.35 bits per heavy atom. The maximum Gasteiger partial charge on any atom is 0.303 e. The maximum atomic E-state index is 10.6. The van der Waals surface area contributed by atoms with E-state index >= 15 is 0 Å². The van der Waals surface area contributed by atoms with Gasteiger partial charge in [0.25, 0.3) is 5.69 Å². The van der Waals surface area contributed by atoms with Gasteiger partial charge >= 0.3 is 5.97 Å². The Labute approximate surface area is 118 Å². The molecular weight excluding hydrogens is 260 g/mol. The smallest absolute Gasteiger partial charge is 0.303 e. The lowest BCUT2D eigenvalue weighted by Crippen LogP contribution is -2.31. The Morgan fingerprint density at radius 3 is 2.40 bits per heavy atom. The van der Waals surface area contributed by atoms with Crippen LogP contribution in [-0.4, -0.2) is 33.5 Å². The summed E-state index contributed by atoms with van der Waals surface area (Å²) in [4.78, 5) is 22.9. The zero-order valence-electron chi connectivity index (χ0n) is 11.8. The molecule has 0 fully saturated rings. The number of nitro groups is 1. The van der Waals surface area contributed by atoms with Crippen molar-refractivity contribution >= 4 is 11.7 Å². The molecular formula is C14H20N2O4. The predicted octanol–water partition coefficient (Wildman–Crippen LogP) is 2.67. The van der Waals surface area contributed by atoms with Crippen molar-refractivity contribution in [3.05, 3.63) is 39.9 Å². The summed E-state index contributed by atoms with van der Waals surface area (Å²) in [6.07, 6.45) is 0.754. The molecule has 0 spiro atoms. The van der Waals surface area contributed by atoms with Crippen LogP contribution in [0.1, 0.15) is 32.3 Å². The number of carboxylic acid groups (broad SMARTS) is 1.